The summed E-state index contributed by atoms with van der Waals surface area (Å²) in [6.07, 6.45) is 18.3. The average molecular weight is 339 g/mol. The molecule has 142 valence electrons. The number of unbranched alkanes of at least 4 members (excludes halogenated alkanes) is 11. The molecule has 0 radical (unpaired) electrons. The molecule has 1 rings (SSSR count). The van der Waals surface area contributed by atoms with Crippen LogP contribution in [0.1, 0.15) is 90.4 Å². The largest absolute Gasteiger partial charge is 0.382 e. The van der Waals surface area contributed by atoms with E-state index >= 15 is 0 Å². The van der Waals surface area contributed by atoms with Crippen LogP contribution < -0.4 is 5.32 Å². The molecule has 0 bridgehead atoms. The fraction of sp³-hybridized carbons (Fsp3) is 1.00. The van der Waals surface area contributed by atoms with E-state index in [1.807, 2.05) is 0 Å². The van der Waals surface area contributed by atoms with Gasteiger partial charge in [0.15, 0.2) is 0 Å². The molecule has 0 aromatic heterocycles. The van der Waals surface area contributed by atoms with Gasteiger partial charge in [0.1, 0.15) is 7.85 Å². The summed E-state index contributed by atoms with van der Waals surface area (Å²) in [5.41, 5.74) is 0. The van der Waals surface area contributed by atoms with Crippen molar-refractivity contribution in [3.63, 3.8) is 0 Å². The van der Waals surface area contributed by atoms with Gasteiger partial charge in [-0.15, -0.1) is 0 Å². The van der Waals surface area contributed by atoms with Crippen molar-refractivity contribution in [1.82, 2.24) is 5.32 Å². The van der Waals surface area contributed by atoms with Gasteiger partial charge in [-0.25, -0.2) is 0 Å². The molecule has 0 aliphatic carbocycles. The highest BCUT2D eigenvalue weighted by Gasteiger charge is 2.31. The monoisotopic (exact) mass is 339 g/mol. The van der Waals surface area contributed by atoms with E-state index in [0.717, 1.165) is 13.0 Å². The molecular weight excluding hydrogens is 297 g/mol. The van der Waals surface area contributed by atoms with E-state index in [1.54, 1.807) is 7.11 Å². The Bertz CT molecular complexity index is 278. The lowest BCUT2D eigenvalue weighted by Crippen LogP contribution is -2.39. The van der Waals surface area contributed by atoms with Crippen LogP contribution in [-0.2, 0) is 9.47 Å². The van der Waals surface area contributed by atoms with Gasteiger partial charge in [-0.1, -0.05) is 77.6 Å². The number of nitrogens with one attached hydrogen (secondary N) is 1. The van der Waals surface area contributed by atoms with E-state index < -0.39 is 0 Å². The van der Waals surface area contributed by atoms with E-state index in [4.69, 9.17) is 9.47 Å². The lowest BCUT2D eigenvalue weighted by Gasteiger charge is -2.19. The quantitative estimate of drug-likeness (QED) is 0.340. The first kappa shape index (κ1) is 22.0. The number of hydrogen-bond acceptors (Lipinski definition) is 3. The number of hydrogen-bond donors (Lipinski definition) is 1. The first-order valence-corrected chi connectivity index (χ1v) is 10.7. The molecule has 1 heterocycles. The Morgan fingerprint density at radius 1 is 0.917 bits per heavy atom. The summed E-state index contributed by atoms with van der Waals surface area (Å²) in [5, 5.41) is 3.68. The summed E-state index contributed by atoms with van der Waals surface area (Å²) in [6, 6.07) is 0.845. The molecule has 0 aromatic carbocycles. The van der Waals surface area contributed by atoms with Crippen LogP contribution in [0.4, 0.5) is 0 Å². The van der Waals surface area contributed by atoms with Crippen molar-refractivity contribution >= 4 is 7.85 Å². The Hall–Kier alpha value is -0.0551. The summed E-state index contributed by atoms with van der Waals surface area (Å²) in [5.74, 6) is 0. The smallest absolute Gasteiger partial charge is 0.139 e. The van der Waals surface area contributed by atoms with Crippen LogP contribution in [0.5, 0.6) is 0 Å². The Morgan fingerprint density at radius 2 is 1.46 bits per heavy atom. The van der Waals surface area contributed by atoms with Crippen molar-refractivity contribution in [2.24, 2.45) is 0 Å². The maximum absolute atomic E-state index is 5.89. The van der Waals surface area contributed by atoms with E-state index in [9.17, 15) is 0 Å². The summed E-state index contributed by atoms with van der Waals surface area (Å²) >= 11 is 0. The van der Waals surface area contributed by atoms with Gasteiger partial charge in [0.05, 0.1) is 12.7 Å². The minimum atomic E-state index is 0.238. The molecule has 1 saturated heterocycles. The van der Waals surface area contributed by atoms with E-state index in [-0.39, 0.29) is 6.10 Å². The average Bonchev–Trinajstić information content (AvgIpc) is 2.92. The fourth-order valence-corrected chi connectivity index (χ4v) is 3.75. The maximum atomic E-state index is 5.89. The van der Waals surface area contributed by atoms with Crippen LogP contribution in [0.3, 0.4) is 0 Å². The Morgan fingerprint density at radius 3 is 2.00 bits per heavy atom. The third-order valence-corrected chi connectivity index (χ3v) is 5.21. The lowest BCUT2D eigenvalue weighted by molar-refractivity contribution is 0.0161. The molecule has 0 spiro atoms. The van der Waals surface area contributed by atoms with Crippen molar-refractivity contribution in [2.75, 3.05) is 20.3 Å². The zero-order valence-corrected chi connectivity index (χ0v) is 16.7. The van der Waals surface area contributed by atoms with Crippen molar-refractivity contribution in [3.05, 3.63) is 0 Å². The Kier molecular flexibility index (Phi) is 13.9. The molecule has 0 saturated carbocycles. The second kappa shape index (κ2) is 15.2. The van der Waals surface area contributed by atoms with Gasteiger partial charge in [-0.2, -0.15) is 0 Å². The summed E-state index contributed by atoms with van der Waals surface area (Å²) in [7, 11) is 3.92. The molecule has 1 aliphatic heterocycles. The van der Waals surface area contributed by atoms with Crippen LogP contribution in [0.25, 0.3) is 0 Å². The zero-order chi connectivity index (χ0) is 17.5. The SMILES string of the molecule is BC1CC(NCCCCCCCCCCCCCC)[C@@H](COC)O1. The molecule has 24 heavy (non-hydrogen) atoms. The molecule has 1 aliphatic rings. The molecule has 4 heteroatoms. The highest BCUT2D eigenvalue weighted by molar-refractivity contribution is 6.11. The van der Waals surface area contributed by atoms with Crippen LogP contribution in [0.2, 0.25) is 0 Å². The molecule has 3 nitrogen and oxygen atoms in total. The second-order valence-electron chi connectivity index (χ2n) is 7.63. The Balaban J connectivity index is 1.83. The van der Waals surface area contributed by atoms with Crippen molar-refractivity contribution in [2.45, 2.75) is 109 Å². The predicted molar refractivity (Wildman–Crippen MR) is 107 cm³/mol. The van der Waals surface area contributed by atoms with E-state index in [0.29, 0.717) is 18.7 Å². The first-order chi connectivity index (χ1) is 11.8. The lowest BCUT2D eigenvalue weighted by atomic mass is 9.95. The van der Waals surface area contributed by atoms with Gasteiger partial charge in [0.2, 0.25) is 0 Å². The molecule has 0 amide bonds. The summed E-state index contributed by atoms with van der Waals surface area (Å²) in [6.45, 7) is 4.12. The van der Waals surface area contributed by atoms with Crippen molar-refractivity contribution < 1.29 is 9.47 Å². The van der Waals surface area contributed by atoms with Gasteiger partial charge in [0, 0.05) is 19.2 Å². The molecular formula is C20H42BNO2. The highest BCUT2D eigenvalue weighted by Crippen LogP contribution is 2.19. The number of methoxy groups -OCH3 is 1. The summed E-state index contributed by atoms with van der Waals surface area (Å²) < 4.78 is 11.1. The molecule has 1 fully saturated rings. The van der Waals surface area contributed by atoms with Gasteiger partial charge in [0.25, 0.3) is 0 Å². The van der Waals surface area contributed by atoms with Crippen LogP contribution in [-0.4, -0.2) is 46.3 Å². The summed E-state index contributed by atoms with van der Waals surface area (Å²) in [4.78, 5) is 0. The molecule has 2 unspecified atom stereocenters. The predicted octanol–water partition coefficient (Wildman–Crippen LogP) is 4.04. The van der Waals surface area contributed by atoms with Gasteiger partial charge >= 0.3 is 0 Å². The normalized spacial score (nSPS) is 23.8. The minimum Gasteiger partial charge on any atom is -0.382 e. The van der Waals surface area contributed by atoms with Gasteiger partial charge in [-0.3, -0.25) is 0 Å². The standard InChI is InChI=1S/C20H42BNO2/c1-3-4-5-6-7-8-9-10-11-12-13-14-15-22-18-16-20(21)24-19(18)17-23-2/h18-20,22H,3-17,21H2,1-2H3/t18?,19-,20?/m1/s1. The maximum Gasteiger partial charge on any atom is 0.139 e. The fourth-order valence-electron chi connectivity index (χ4n) is 3.75. The first-order valence-electron chi connectivity index (χ1n) is 10.7. The van der Waals surface area contributed by atoms with Crippen LogP contribution in [0, 0.1) is 0 Å². The third kappa shape index (κ3) is 10.7. The van der Waals surface area contributed by atoms with E-state index in [1.165, 1.54) is 77.0 Å². The molecule has 0 aromatic rings. The number of rotatable bonds is 16. The second-order valence-corrected chi connectivity index (χ2v) is 7.63. The van der Waals surface area contributed by atoms with Crippen molar-refractivity contribution in [1.29, 1.82) is 0 Å². The highest BCUT2D eigenvalue weighted by atomic mass is 16.5. The molecule has 1 N–H and O–H groups in total. The number of ether oxygens (including phenoxy) is 2. The van der Waals surface area contributed by atoms with E-state index in [2.05, 4.69) is 20.1 Å². The topological polar surface area (TPSA) is 30.5 Å². The third-order valence-electron chi connectivity index (χ3n) is 5.21. The Labute approximate surface area is 152 Å². The van der Waals surface area contributed by atoms with Gasteiger partial charge in [-0.05, 0) is 19.4 Å². The van der Waals surface area contributed by atoms with Crippen LogP contribution in [0.15, 0.2) is 0 Å². The minimum absolute atomic E-state index is 0.238. The molecule has 3 atom stereocenters. The zero-order valence-electron chi connectivity index (χ0n) is 16.7. The van der Waals surface area contributed by atoms with Gasteiger partial charge < -0.3 is 14.8 Å². The van der Waals surface area contributed by atoms with Crippen LogP contribution >= 0.6 is 0 Å². The van der Waals surface area contributed by atoms with Crippen molar-refractivity contribution in [3.8, 4) is 0 Å².